The minimum atomic E-state index is -0.539. The van der Waals surface area contributed by atoms with Crippen LogP contribution in [0.25, 0.3) is 94.8 Å². The maximum absolute atomic E-state index is 9.32. The molecule has 0 atom stereocenters. The first kappa shape index (κ1) is 40.4. The lowest BCUT2D eigenvalue weighted by Crippen LogP contribution is -2.32. The number of benzene rings is 10. The highest BCUT2D eigenvalue weighted by Gasteiger charge is 2.51. The van der Waals surface area contributed by atoms with E-state index < -0.39 is 5.41 Å². The molecule has 5 nitrogen and oxygen atoms in total. The maximum Gasteiger partial charge on any atom is 0.160 e. The molecule has 3 heterocycles. The van der Waals surface area contributed by atoms with Gasteiger partial charge in [-0.2, -0.15) is 5.26 Å². The van der Waals surface area contributed by atoms with E-state index in [1.54, 1.807) is 0 Å². The summed E-state index contributed by atoms with van der Waals surface area (Å²) in [6, 6.07) is 87.9. The van der Waals surface area contributed by atoms with Crippen LogP contribution in [0.3, 0.4) is 0 Å². The third-order valence-corrected chi connectivity index (χ3v) is 14.5. The predicted octanol–water partition coefficient (Wildman–Crippen LogP) is 16.2. The van der Waals surface area contributed by atoms with Crippen molar-refractivity contribution in [3.8, 4) is 90.5 Å². The first-order valence-corrected chi connectivity index (χ1v) is 23.9. The molecule has 1 aliphatic carbocycles. The molecule has 330 valence electrons. The van der Waals surface area contributed by atoms with Crippen LogP contribution in [-0.4, -0.2) is 14.5 Å². The maximum atomic E-state index is 9.32. The van der Waals surface area contributed by atoms with Gasteiger partial charge in [-0.1, -0.05) is 182 Å². The number of hydrogen-bond donors (Lipinski definition) is 0. The Labute approximate surface area is 410 Å². The number of nitrogens with zero attached hydrogens (tertiary/aromatic N) is 4. The van der Waals surface area contributed by atoms with Gasteiger partial charge < -0.3 is 9.30 Å². The molecule has 5 heteroatoms. The molecule has 2 aliphatic rings. The second-order valence-electron chi connectivity index (χ2n) is 18.3. The van der Waals surface area contributed by atoms with Crippen molar-refractivity contribution in [2.75, 3.05) is 0 Å². The summed E-state index contributed by atoms with van der Waals surface area (Å²) in [5, 5.41) is 11.7. The third kappa shape index (κ3) is 6.25. The van der Waals surface area contributed by atoms with E-state index in [-0.39, 0.29) is 0 Å². The molecule has 0 unspecified atom stereocenters. The van der Waals surface area contributed by atoms with Crippen LogP contribution in [0.5, 0.6) is 11.5 Å². The van der Waals surface area contributed by atoms with Crippen LogP contribution in [0.15, 0.2) is 243 Å². The number of ether oxygens (including phenoxy) is 1. The molecule has 12 aromatic rings. The van der Waals surface area contributed by atoms with Crippen molar-refractivity contribution in [3.63, 3.8) is 0 Å². The summed E-state index contributed by atoms with van der Waals surface area (Å²) in [4.78, 5) is 10.4. The van der Waals surface area contributed by atoms with E-state index in [1.165, 1.54) is 44.2 Å². The smallest absolute Gasteiger partial charge is 0.160 e. The number of aromatic nitrogens is 3. The average Bonchev–Trinajstić information content (AvgIpc) is 3.94. The SMILES string of the molecule is N#Cc1ccc(-c2ccc(-c3cc(-c4cccc(-n5c6ccccc6c6cc(-c7cccc8c7-c7ccccc7C87c8ccccc8Oc8ccccc87)ccc65)c4)nc(-c4ccccc4)n3)cc2)cc1. The van der Waals surface area contributed by atoms with Crippen LogP contribution in [-0.2, 0) is 5.41 Å². The minimum Gasteiger partial charge on any atom is -0.457 e. The van der Waals surface area contributed by atoms with E-state index in [9.17, 15) is 5.26 Å². The van der Waals surface area contributed by atoms with Gasteiger partial charge in [0, 0.05) is 44.3 Å². The Morgan fingerprint density at radius 3 is 1.72 bits per heavy atom. The third-order valence-electron chi connectivity index (χ3n) is 14.5. The highest BCUT2D eigenvalue weighted by atomic mass is 16.5. The fourth-order valence-electron chi connectivity index (χ4n) is 11.4. The molecule has 0 fully saturated rings. The second kappa shape index (κ2) is 16.0. The van der Waals surface area contributed by atoms with Gasteiger partial charge >= 0.3 is 0 Å². The average molecular weight is 905 g/mol. The van der Waals surface area contributed by atoms with Gasteiger partial charge in [0.1, 0.15) is 11.5 Å². The molecule has 0 saturated heterocycles. The Morgan fingerprint density at radius 2 is 0.958 bits per heavy atom. The van der Waals surface area contributed by atoms with E-state index in [0.29, 0.717) is 11.4 Å². The Kier molecular flexibility index (Phi) is 9.11. The summed E-state index contributed by atoms with van der Waals surface area (Å²) in [6.07, 6.45) is 0. The number of fused-ring (bicyclic) bond motifs is 12. The fourth-order valence-corrected chi connectivity index (χ4v) is 11.4. The van der Waals surface area contributed by atoms with Crippen molar-refractivity contribution in [2.45, 2.75) is 5.41 Å². The topological polar surface area (TPSA) is 63.7 Å². The molecular weight excluding hydrogens is 865 g/mol. The van der Waals surface area contributed by atoms with Crippen molar-refractivity contribution in [2.24, 2.45) is 0 Å². The summed E-state index contributed by atoms with van der Waals surface area (Å²) in [5.74, 6) is 2.44. The lowest BCUT2D eigenvalue weighted by molar-refractivity contribution is 0.436. The minimum absolute atomic E-state index is 0.539. The Balaban J connectivity index is 0.898. The number of rotatable bonds is 6. The molecule has 0 radical (unpaired) electrons. The molecule has 1 spiro atoms. The van der Waals surface area contributed by atoms with Gasteiger partial charge in [-0.05, 0) is 105 Å². The van der Waals surface area contributed by atoms with Crippen LogP contribution < -0.4 is 4.74 Å². The number of nitriles is 1. The molecule has 2 aromatic heterocycles. The standard InChI is InChI=1S/C66H40N4O/c67-41-42-28-30-43(31-29-42)44-32-34-45(35-33-44)58-40-59(69-65(68-58)46-14-2-1-3-15-46)48-16-12-17-49(38-48)70-60-25-9-5-18-51(60)53-39-47(36-37-61(53)70)50-20-13-24-57-64(50)52-19-4-6-21-54(52)66(57)55-22-7-10-26-62(55)71-63-27-11-8-23-56(63)66/h1-40H. The predicted molar refractivity (Wildman–Crippen MR) is 286 cm³/mol. The van der Waals surface area contributed by atoms with Crippen LogP contribution in [0.4, 0.5) is 0 Å². The molecular formula is C66H40N4O. The largest absolute Gasteiger partial charge is 0.457 e. The van der Waals surface area contributed by atoms with Gasteiger partial charge in [0.2, 0.25) is 0 Å². The molecule has 10 aromatic carbocycles. The fraction of sp³-hybridized carbons (Fsp3) is 0.0152. The van der Waals surface area contributed by atoms with Gasteiger partial charge in [0.25, 0.3) is 0 Å². The number of para-hydroxylation sites is 3. The van der Waals surface area contributed by atoms with Crippen LogP contribution >= 0.6 is 0 Å². The van der Waals surface area contributed by atoms with Crippen molar-refractivity contribution in [1.29, 1.82) is 5.26 Å². The summed E-state index contributed by atoms with van der Waals surface area (Å²) < 4.78 is 9.01. The van der Waals surface area contributed by atoms with Crippen molar-refractivity contribution >= 4 is 21.8 Å². The lowest BCUT2D eigenvalue weighted by Gasteiger charge is -2.39. The molecule has 0 saturated carbocycles. The molecule has 71 heavy (non-hydrogen) atoms. The normalized spacial score (nSPS) is 12.7. The molecule has 0 N–H and O–H groups in total. The second-order valence-corrected chi connectivity index (χ2v) is 18.3. The van der Waals surface area contributed by atoms with Crippen LogP contribution in [0.2, 0.25) is 0 Å². The molecule has 0 amide bonds. The van der Waals surface area contributed by atoms with Gasteiger partial charge in [-0.15, -0.1) is 0 Å². The zero-order valence-corrected chi connectivity index (χ0v) is 38.3. The monoisotopic (exact) mass is 904 g/mol. The Hall–Kier alpha value is -9.63. The summed E-state index contributed by atoms with van der Waals surface area (Å²) in [6.45, 7) is 0. The number of hydrogen-bond acceptors (Lipinski definition) is 4. The summed E-state index contributed by atoms with van der Waals surface area (Å²) in [5.41, 5.74) is 19.8. The highest BCUT2D eigenvalue weighted by molar-refractivity contribution is 6.11. The van der Waals surface area contributed by atoms with Crippen LogP contribution in [0.1, 0.15) is 27.8 Å². The lowest BCUT2D eigenvalue weighted by atomic mass is 9.66. The van der Waals surface area contributed by atoms with Gasteiger partial charge in [0.15, 0.2) is 5.82 Å². The van der Waals surface area contributed by atoms with Crippen molar-refractivity contribution in [3.05, 3.63) is 270 Å². The van der Waals surface area contributed by atoms with E-state index in [0.717, 1.165) is 78.6 Å². The summed E-state index contributed by atoms with van der Waals surface area (Å²) >= 11 is 0. The van der Waals surface area contributed by atoms with Gasteiger partial charge in [-0.3, -0.25) is 0 Å². The zero-order valence-electron chi connectivity index (χ0n) is 38.3. The summed E-state index contributed by atoms with van der Waals surface area (Å²) in [7, 11) is 0. The van der Waals surface area contributed by atoms with Crippen LogP contribution in [0, 0.1) is 11.3 Å². The molecule has 14 rings (SSSR count). The van der Waals surface area contributed by atoms with E-state index in [1.807, 2.05) is 42.5 Å². The van der Waals surface area contributed by atoms with E-state index >= 15 is 0 Å². The first-order chi connectivity index (χ1) is 35.1. The molecule has 0 bridgehead atoms. The zero-order chi connectivity index (χ0) is 47.0. The van der Waals surface area contributed by atoms with Gasteiger partial charge in [0.05, 0.1) is 39.5 Å². The van der Waals surface area contributed by atoms with Crippen molar-refractivity contribution < 1.29 is 4.74 Å². The van der Waals surface area contributed by atoms with Gasteiger partial charge in [-0.25, -0.2) is 9.97 Å². The van der Waals surface area contributed by atoms with E-state index in [2.05, 4.69) is 211 Å². The van der Waals surface area contributed by atoms with E-state index in [4.69, 9.17) is 14.7 Å². The van der Waals surface area contributed by atoms with Crippen molar-refractivity contribution in [1.82, 2.24) is 14.5 Å². The highest BCUT2D eigenvalue weighted by Crippen LogP contribution is 2.63. The quantitative estimate of drug-likeness (QED) is 0.167. The Morgan fingerprint density at radius 1 is 0.394 bits per heavy atom. The molecule has 1 aliphatic heterocycles. The Bertz CT molecular complexity index is 4100. The first-order valence-electron chi connectivity index (χ1n) is 23.9.